The summed E-state index contributed by atoms with van der Waals surface area (Å²) >= 11 is 0. The summed E-state index contributed by atoms with van der Waals surface area (Å²) in [5.41, 5.74) is 1.10. The molecule has 0 atom stereocenters. The standard InChI is InChI=1S/C20H28N4O3.HI/c1-16(25)21-11-4-12-22-20(23-13-10-19-5-3-14-27-19)24-15-17-6-8-18(26-2)9-7-17;/h3,5-9,14H,4,10-13,15H2,1-2H3,(H,21,25)(H2,22,23,24);1H. The third kappa shape index (κ3) is 9.63. The fourth-order valence-electron chi connectivity index (χ4n) is 2.39. The molecular formula is C20H29IN4O3. The van der Waals surface area contributed by atoms with Crippen molar-refractivity contribution in [3.8, 4) is 5.75 Å². The molecule has 0 aliphatic heterocycles. The van der Waals surface area contributed by atoms with Crippen molar-refractivity contribution in [2.45, 2.75) is 26.3 Å². The third-order valence-corrected chi connectivity index (χ3v) is 3.84. The van der Waals surface area contributed by atoms with E-state index in [1.54, 1.807) is 13.4 Å². The lowest BCUT2D eigenvalue weighted by atomic mass is 10.2. The first-order valence-corrected chi connectivity index (χ1v) is 9.09. The van der Waals surface area contributed by atoms with E-state index in [1.165, 1.54) is 6.92 Å². The molecule has 0 aliphatic rings. The van der Waals surface area contributed by atoms with Crippen LogP contribution in [0, 0.1) is 0 Å². The second-order valence-corrected chi connectivity index (χ2v) is 6.03. The maximum absolute atomic E-state index is 10.9. The number of benzene rings is 1. The normalized spacial score (nSPS) is 10.7. The van der Waals surface area contributed by atoms with E-state index >= 15 is 0 Å². The number of furan rings is 1. The van der Waals surface area contributed by atoms with Gasteiger partial charge in [0.2, 0.25) is 5.91 Å². The number of hydrogen-bond donors (Lipinski definition) is 3. The van der Waals surface area contributed by atoms with E-state index in [-0.39, 0.29) is 29.9 Å². The molecule has 28 heavy (non-hydrogen) atoms. The van der Waals surface area contributed by atoms with Crippen molar-refractivity contribution in [3.63, 3.8) is 0 Å². The SMILES string of the molecule is COc1ccc(CN=C(NCCCNC(C)=O)NCCc2ccco2)cc1.I. The van der Waals surface area contributed by atoms with Gasteiger partial charge in [-0.2, -0.15) is 0 Å². The van der Waals surface area contributed by atoms with Gasteiger partial charge in [0.15, 0.2) is 5.96 Å². The number of guanidine groups is 1. The number of amides is 1. The molecule has 154 valence electrons. The highest BCUT2D eigenvalue weighted by molar-refractivity contribution is 14.0. The highest BCUT2D eigenvalue weighted by Gasteiger charge is 2.01. The van der Waals surface area contributed by atoms with Crippen LogP contribution in [0.1, 0.15) is 24.7 Å². The number of rotatable bonds is 10. The van der Waals surface area contributed by atoms with Crippen LogP contribution in [0.5, 0.6) is 5.75 Å². The number of carbonyl (C=O) groups excluding carboxylic acids is 1. The molecule has 0 fully saturated rings. The monoisotopic (exact) mass is 500 g/mol. The van der Waals surface area contributed by atoms with Crippen LogP contribution < -0.4 is 20.7 Å². The van der Waals surface area contributed by atoms with Crippen LogP contribution in [0.15, 0.2) is 52.1 Å². The van der Waals surface area contributed by atoms with Crippen molar-refractivity contribution in [3.05, 3.63) is 54.0 Å². The minimum absolute atomic E-state index is 0. The molecule has 3 N–H and O–H groups in total. The predicted molar refractivity (Wildman–Crippen MR) is 121 cm³/mol. The molecule has 1 amide bonds. The average molecular weight is 500 g/mol. The molecule has 7 nitrogen and oxygen atoms in total. The lowest BCUT2D eigenvalue weighted by Gasteiger charge is -2.12. The largest absolute Gasteiger partial charge is 0.497 e. The summed E-state index contributed by atoms with van der Waals surface area (Å²) in [4.78, 5) is 15.6. The van der Waals surface area contributed by atoms with Crippen LogP contribution >= 0.6 is 24.0 Å². The molecule has 0 spiro atoms. The number of nitrogens with zero attached hydrogens (tertiary/aromatic N) is 1. The lowest BCUT2D eigenvalue weighted by molar-refractivity contribution is -0.118. The first kappa shape index (κ1) is 23.8. The van der Waals surface area contributed by atoms with Gasteiger partial charge in [-0.25, -0.2) is 4.99 Å². The molecular weight excluding hydrogens is 471 g/mol. The van der Waals surface area contributed by atoms with E-state index in [1.807, 2.05) is 36.4 Å². The second-order valence-electron chi connectivity index (χ2n) is 6.03. The minimum Gasteiger partial charge on any atom is -0.497 e. The molecule has 2 rings (SSSR count). The Labute approximate surface area is 183 Å². The predicted octanol–water partition coefficient (Wildman–Crippen LogP) is 2.71. The fourth-order valence-corrected chi connectivity index (χ4v) is 2.39. The van der Waals surface area contributed by atoms with E-state index < -0.39 is 0 Å². The van der Waals surface area contributed by atoms with Gasteiger partial charge in [0.1, 0.15) is 11.5 Å². The van der Waals surface area contributed by atoms with E-state index in [9.17, 15) is 4.79 Å². The Kier molecular flexibility index (Phi) is 11.8. The van der Waals surface area contributed by atoms with E-state index in [0.717, 1.165) is 42.4 Å². The summed E-state index contributed by atoms with van der Waals surface area (Å²) in [6.07, 6.45) is 3.28. The van der Waals surface area contributed by atoms with Crippen molar-refractivity contribution in [1.82, 2.24) is 16.0 Å². The van der Waals surface area contributed by atoms with Crippen LogP contribution in [0.25, 0.3) is 0 Å². The number of carbonyl (C=O) groups is 1. The summed E-state index contributed by atoms with van der Waals surface area (Å²) < 4.78 is 10.5. The van der Waals surface area contributed by atoms with Crippen LogP contribution in [-0.2, 0) is 17.8 Å². The minimum atomic E-state index is -0.0139. The smallest absolute Gasteiger partial charge is 0.216 e. The molecule has 0 unspecified atom stereocenters. The summed E-state index contributed by atoms with van der Waals surface area (Å²) in [6.45, 7) is 4.15. The third-order valence-electron chi connectivity index (χ3n) is 3.84. The van der Waals surface area contributed by atoms with Gasteiger partial charge in [-0.15, -0.1) is 24.0 Å². The molecule has 0 radical (unpaired) electrons. The summed E-state index contributed by atoms with van der Waals surface area (Å²) in [6, 6.07) is 11.7. The molecule has 1 heterocycles. The molecule has 0 bridgehead atoms. The van der Waals surface area contributed by atoms with Crippen LogP contribution in [0.4, 0.5) is 0 Å². The Morgan fingerprint density at radius 2 is 1.79 bits per heavy atom. The van der Waals surface area contributed by atoms with Crippen LogP contribution in [0.2, 0.25) is 0 Å². The Balaban J connectivity index is 0.00000392. The average Bonchev–Trinajstić information content (AvgIpc) is 3.19. The zero-order valence-corrected chi connectivity index (χ0v) is 18.7. The first-order valence-electron chi connectivity index (χ1n) is 9.09. The van der Waals surface area contributed by atoms with Crippen LogP contribution in [0.3, 0.4) is 0 Å². The molecule has 0 saturated carbocycles. The molecule has 2 aromatic rings. The molecule has 1 aromatic heterocycles. The highest BCUT2D eigenvalue weighted by Crippen LogP contribution is 2.11. The number of nitrogens with one attached hydrogen (secondary N) is 3. The molecule has 0 aliphatic carbocycles. The Hall–Kier alpha value is -2.23. The van der Waals surface area contributed by atoms with E-state index in [0.29, 0.717) is 19.6 Å². The first-order chi connectivity index (χ1) is 13.2. The fraction of sp³-hybridized carbons (Fsp3) is 0.400. The Morgan fingerprint density at radius 1 is 1.07 bits per heavy atom. The van der Waals surface area contributed by atoms with E-state index in [4.69, 9.17) is 9.15 Å². The van der Waals surface area contributed by atoms with Gasteiger partial charge in [-0.05, 0) is 36.2 Å². The number of halogens is 1. The summed E-state index contributed by atoms with van der Waals surface area (Å²) in [5.74, 6) is 2.48. The second kappa shape index (κ2) is 13.9. The topological polar surface area (TPSA) is 87.9 Å². The van der Waals surface area contributed by atoms with Gasteiger partial charge in [0.05, 0.1) is 19.9 Å². The van der Waals surface area contributed by atoms with Crippen molar-refractivity contribution >= 4 is 35.8 Å². The highest BCUT2D eigenvalue weighted by atomic mass is 127. The Morgan fingerprint density at radius 3 is 2.43 bits per heavy atom. The number of aliphatic imine (C=N–C) groups is 1. The van der Waals surface area contributed by atoms with Crippen molar-refractivity contribution in [1.29, 1.82) is 0 Å². The summed E-state index contributed by atoms with van der Waals surface area (Å²) in [7, 11) is 1.65. The van der Waals surface area contributed by atoms with Gasteiger partial charge >= 0.3 is 0 Å². The zero-order valence-electron chi connectivity index (χ0n) is 16.4. The zero-order chi connectivity index (χ0) is 19.3. The van der Waals surface area contributed by atoms with Crippen molar-refractivity contribution in [2.75, 3.05) is 26.7 Å². The van der Waals surface area contributed by atoms with Gasteiger partial charge in [0.25, 0.3) is 0 Å². The van der Waals surface area contributed by atoms with Gasteiger partial charge in [-0.1, -0.05) is 12.1 Å². The van der Waals surface area contributed by atoms with Crippen molar-refractivity contribution in [2.24, 2.45) is 4.99 Å². The van der Waals surface area contributed by atoms with Crippen LogP contribution in [-0.4, -0.2) is 38.6 Å². The number of methoxy groups -OCH3 is 1. The number of hydrogen-bond acceptors (Lipinski definition) is 4. The number of ether oxygens (including phenoxy) is 1. The maximum atomic E-state index is 10.9. The Bertz CT molecular complexity index is 703. The molecule has 8 heteroatoms. The van der Waals surface area contributed by atoms with E-state index in [2.05, 4.69) is 20.9 Å². The maximum Gasteiger partial charge on any atom is 0.216 e. The van der Waals surface area contributed by atoms with Gasteiger partial charge in [0, 0.05) is 33.0 Å². The molecule has 0 saturated heterocycles. The van der Waals surface area contributed by atoms with Gasteiger partial charge in [-0.3, -0.25) is 4.79 Å². The lowest BCUT2D eigenvalue weighted by Crippen LogP contribution is -2.39. The van der Waals surface area contributed by atoms with Crippen molar-refractivity contribution < 1.29 is 13.9 Å². The summed E-state index contributed by atoms with van der Waals surface area (Å²) in [5, 5.41) is 9.40. The quantitative estimate of drug-likeness (QED) is 0.202. The molecule has 1 aromatic carbocycles. The van der Waals surface area contributed by atoms with Gasteiger partial charge < -0.3 is 25.1 Å².